The van der Waals surface area contributed by atoms with Gasteiger partial charge in [-0.3, -0.25) is 9.59 Å². The van der Waals surface area contributed by atoms with Crippen molar-refractivity contribution in [2.24, 2.45) is 5.92 Å². The molecule has 1 aliphatic rings. The fourth-order valence-electron chi connectivity index (χ4n) is 5.37. The van der Waals surface area contributed by atoms with Crippen molar-refractivity contribution in [3.8, 4) is 0 Å². The van der Waals surface area contributed by atoms with Crippen LogP contribution in [0.25, 0.3) is 10.9 Å². The molecule has 2 aromatic carbocycles. The highest BCUT2D eigenvalue weighted by Crippen LogP contribution is 2.40. The summed E-state index contributed by atoms with van der Waals surface area (Å²) in [6, 6.07) is 11.9. The van der Waals surface area contributed by atoms with Gasteiger partial charge in [0.25, 0.3) is 0 Å². The molecule has 0 spiro atoms. The lowest BCUT2D eigenvalue weighted by Crippen LogP contribution is -2.63. The van der Waals surface area contributed by atoms with Crippen LogP contribution in [0.4, 0.5) is 13.2 Å². The number of carboxylic acid groups (broad SMARTS) is 1. The summed E-state index contributed by atoms with van der Waals surface area (Å²) in [6.45, 7) is 7.15. The number of aromatic amines is 1. The number of carboxylic acids is 1. The van der Waals surface area contributed by atoms with Gasteiger partial charge >= 0.3 is 12.1 Å². The zero-order valence-electron chi connectivity index (χ0n) is 22.9. The third kappa shape index (κ3) is 5.31. The normalized spacial score (nSPS) is 19.0. The van der Waals surface area contributed by atoms with Crippen molar-refractivity contribution in [1.29, 1.82) is 0 Å². The molecule has 0 saturated heterocycles. The third-order valence-electron chi connectivity index (χ3n) is 8.23. The zero-order chi connectivity index (χ0) is 29.5. The van der Waals surface area contributed by atoms with Gasteiger partial charge in [0.05, 0.1) is 16.5 Å². The van der Waals surface area contributed by atoms with Gasteiger partial charge in [0, 0.05) is 17.5 Å². The number of carbonyl (C=O) groups excluding carboxylic acids is 2. The van der Waals surface area contributed by atoms with E-state index in [0.29, 0.717) is 17.7 Å². The molecule has 7 nitrogen and oxygen atoms in total. The first-order valence-electron chi connectivity index (χ1n) is 13.3. The van der Waals surface area contributed by atoms with Crippen LogP contribution in [-0.2, 0) is 38.8 Å². The number of nitrogens with one attached hydrogen (secondary N) is 3. The smallest absolute Gasteiger partial charge is 0.418 e. The van der Waals surface area contributed by atoms with Gasteiger partial charge in [-0.25, -0.2) is 4.79 Å². The number of amides is 2. The quantitative estimate of drug-likeness (QED) is 0.308. The maximum absolute atomic E-state index is 13.7. The Hall–Kier alpha value is -3.82. The van der Waals surface area contributed by atoms with E-state index >= 15 is 0 Å². The van der Waals surface area contributed by atoms with Crippen molar-refractivity contribution in [2.75, 3.05) is 0 Å². The van der Waals surface area contributed by atoms with E-state index < -0.39 is 40.6 Å². The van der Waals surface area contributed by atoms with E-state index in [1.807, 2.05) is 37.3 Å². The van der Waals surface area contributed by atoms with Crippen LogP contribution in [0.2, 0.25) is 0 Å². The number of H-pyrrole nitrogens is 1. The number of rotatable bonds is 8. The number of aliphatic carboxylic acids is 1. The molecule has 1 aromatic heterocycles. The van der Waals surface area contributed by atoms with E-state index in [0.717, 1.165) is 11.6 Å². The van der Waals surface area contributed by atoms with Crippen molar-refractivity contribution in [1.82, 2.24) is 15.6 Å². The number of benzene rings is 2. The molecule has 2 amide bonds. The number of aromatic nitrogens is 1. The minimum atomic E-state index is -4.58. The standard InChI is InChI=1S/C30H34F3N3O4/c1-5-17(2)23(35-26(38)28(3,4)18-10-7-6-8-11-18)25(37)36-29(27(39)40)15-14-22-20(16-29)19-12-9-13-21(24(19)34-22)30(31,32)33/h6-13,17,23,34H,5,14-16H2,1-4H3,(H,35,38)(H,36,37)(H,39,40)/t17?,23-,29+/m0/s1. The predicted octanol–water partition coefficient (Wildman–Crippen LogP) is 5.12. The molecule has 1 heterocycles. The Balaban J connectivity index is 1.64. The Kier molecular flexibility index (Phi) is 7.75. The van der Waals surface area contributed by atoms with E-state index in [1.165, 1.54) is 12.1 Å². The summed E-state index contributed by atoms with van der Waals surface area (Å²) in [5.41, 5.74) is -1.92. The Bertz CT molecular complexity index is 1430. The number of carbonyl (C=O) groups is 3. The number of hydrogen-bond donors (Lipinski definition) is 4. The minimum Gasteiger partial charge on any atom is -0.479 e. The lowest BCUT2D eigenvalue weighted by molar-refractivity contribution is -0.149. The predicted molar refractivity (Wildman–Crippen MR) is 145 cm³/mol. The van der Waals surface area contributed by atoms with Gasteiger partial charge in [0.1, 0.15) is 11.6 Å². The number of fused-ring (bicyclic) bond motifs is 3. The van der Waals surface area contributed by atoms with Crippen LogP contribution in [0.15, 0.2) is 48.5 Å². The maximum atomic E-state index is 13.7. The molecule has 0 fully saturated rings. The zero-order valence-corrected chi connectivity index (χ0v) is 22.9. The number of alkyl halides is 3. The summed E-state index contributed by atoms with van der Waals surface area (Å²) in [5.74, 6) is -2.63. The fraction of sp³-hybridized carbons (Fsp3) is 0.433. The molecule has 214 valence electrons. The molecule has 0 aliphatic heterocycles. The molecule has 1 aliphatic carbocycles. The fourth-order valence-corrected chi connectivity index (χ4v) is 5.37. The summed E-state index contributed by atoms with van der Waals surface area (Å²) < 4.78 is 40.9. The molecule has 3 atom stereocenters. The van der Waals surface area contributed by atoms with E-state index in [2.05, 4.69) is 15.6 Å². The molecule has 0 bridgehead atoms. The van der Waals surface area contributed by atoms with Crippen LogP contribution in [0, 0.1) is 5.92 Å². The van der Waals surface area contributed by atoms with Crippen molar-refractivity contribution in [2.45, 2.75) is 76.6 Å². The van der Waals surface area contributed by atoms with Gasteiger partial charge < -0.3 is 20.7 Å². The first-order valence-corrected chi connectivity index (χ1v) is 13.3. The molecular formula is C30H34F3N3O4. The van der Waals surface area contributed by atoms with Gasteiger partial charge in [0.15, 0.2) is 0 Å². The number of hydrogen-bond acceptors (Lipinski definition) is 3. The highest BCUT2D eigenvalue weighted by molar-refractivity contribution is 5.96. The SMILES string of the molecule is CCC(C)[C@H](NC(=O)C(C)(C)c1ccccc1)C(=O)N[C@]1(C(=O)O)CCc2[nH]c3c(C(F)(F)F)cccc3c2C1. The van der Waals surface area contributed by atoms with Gasteiger partial charge in [-0.15, -0.1) is 0 Å². The van der Waals surface area contributed by atoms with E-state index in [9.17, 15) is 32.7 Å². The summed E-state index contributed by atoms with van der Waals surface area (Å²) in [5, 5.41) is 16.1. The Morgan fingerprint density at radius 2 is 1.75 bits per heavy atom. The van der Waals surface area contributed by atoms with E-state index in [4.69, 9.17) is 0 Å². The van der Waals surface area contributed by atoms with Crippen LogP contribution in [0.5, 0.6) is 0 Å². The topological polar surface area (TPSA) is 111 Å². The number of para-hydroxylation sites is 1. The minimum absolute atomic E-state index is 0.0219. The molecule has 0 saturated carbocycles. The summed E-state index contributed by atoms with van der Waals surface area (Å²) in [4.78, 5) is 42.6. The van der Waals surface area contributed by atoms with Crippen LogP contribution < -0.4 is 10.6 Å². The Morgan fingerprint density at radius 3 is 2.35 bits per heavy atom. The second-order valence-corrected chi connectivity index (χ2v) is 11.2. The molecule has 0 radical (unpaired) electrons. The van der Waals surface area contributed by atoms with Crippen LogP contribution in [0.3, 0.4) is 0 Å². The maximum Gasteiger partial charge on any atom is 0.418 e. The molecule has 4 N–H and O–H groups in total. The van der Waals surface area contributed by atoms with Gasteiger partial charge in [-0.1, -0.05) is 62.7 Å². The summed E-state index contributed by atoms with van der Waals surface area (Å²) in [6.07, 6.45) is -4.13. The molecule has 3 aromatic rings. The van der Waals surface area contributed by atoms with Crippen LogP contribution in [-0.4, -0.2) is 39.5 Å². The van der Waals surface area contributed by atoms with Crippen molar-refractivity contribution in [3.63, 3.8) is 0 Å². The van der Waals surface area contributed by atoms with E-state index in [1.54, 1.807) is 20.8 Å². The lowest BCUT2D eigenvalue weighted by Gasteiger charge is -2.37. The molecular weight excluding hydrogens is 523 g/mol. The van der Waals surface area contributed by atoms with Crippen LogP contribution >= 0.6 is 0 Å². The highest BCUT2D eigenvalue weighted by Gasteiger charge is 2.46. The molecule has 1 unspecified atom stereocenters. The average molecular weight is 558 g/mol. The first kappa shape index (κ1) is 29.2. The van der Waals surface area contributed by atoms with Crippen molar-refractivity contribution in [3.05, 3.63) is 70.9 Å². The van der Waals surface area contributed by atoms with Gasteiger partial charge in [-0.05, 0) is 49.8 Å². The lowest BCUT2D eigenvalue weighted by atomic mass is 9.79. The monoisotopic (exact) mass is 557 g/mol. The van der Waals surface area contributed by atoms with Gasteiger partial charge in [0.2, 0.25) is 11.8 Å². The Labute approximate surface area is 230 Å². The first-order chi connectivity index (χ1) is 18.7. The number of halogens is 3. The molecule has 10 heteroatoms. The highest BCUT2D eigenvalue weighted by atomic mass is 19.4. The van der Waals surface area contributed by atoms with E-state index in [-0.39, 0.29) is 42.0 Å². The van der Waals surface area contributed by atoms with Crippen LogP contribution in [0.1, 0.15) is 62.9 Å². The second-order valence-electron chi connectivity index (χ2n) is 11.2. The third-order valence-corrected chi connectivity index (χ3v) is 8.23. The largest absolute Gasteiger partial charge is 0.479 e. The summed E-state index contributed by atoms with van der Waals surface area (Å²) in [7, 11) is 0. The molecule has 40 heavy (non-hydrogen) atoms. The average Bonchev–Trinajstić information content (AvgIpc) is 3.28. The second kappa shape index (κ2) is 10.6. The number of aryl methyl sites for hydroxylation is 1. The Morgan fingerprint density at radius 1 is 1.07 bits per heavy atom. The summed E-state index contributed by atoms with van der Waals surface area (Å²) >= 11 is 0. The molecule has 4 rings (SSSR count). The van der Waals surface area contributed by atoms with Crippen molar-refractivity contribution >= 4 is 28.7 Å². The van der Waals surface area contributed by atoms with Crippen molar-refractivity contribution < 1.29 is 32.7 Å². The van der Waals surface area contributed by atoms with Gasteiger partial charge in [-0.2, -0.15) is 13.2 Å².